The molecule has 0 saturated heterocycles. The van der Waals surface area contributed by atoms with Crippen molar-refractivity contribution in [3.8, 4) is 11.8 Å². The van der Waals surface area contributed by atoms with Gasteiger partial charge in [0.1, 0.15) is 0 Å². The molecule has 0 aromatic heterocycles. The van der Waals surface area contributed by atoms with Crippen molar-refractivity contribution in [2.24, 2.45) is 0 Å². The fourth-order valence-electron chi connectivity index (χ4n) is 0.123. The lowest BCUT2D eigenvalue weighted by Crippen LogP contribution is -1.73. The molecule has 0 aromatic rings. The Morgan fingerprint density at radius 2 is 2.33 bits per heavy atom. The van der Waals surface area contributed by atoms with Gasteiger partial charge in [-0.05, 0) is 6.92 Å². The molecular formula is C5H4S. The Balaban J connectivity index is 3.50. The van der Waals surface area contributed by atoms with Crippen molar-refractivity contribution in [1.82, 2.24) is 0 Å². The highest BCUT2D eigenvalue weighted by Crippen LogP contribution is 1.64. The van der Waals surface area contributed by atoms with Gasteiger partial charge in [0.15, 0.2) is 0 Å². The fraction of sp³-hybridized carbons (Fsp3) is 0.200. The maximum Gasteiger partial charge on any atom is 0.0693 e. The van der Waals surface area contributed by atoms with Gasteiger partial charge in [-0.2, -0.15) is 0 Å². The molecule has 0 fully saturated rings. The molecule has 0 aliphatic carbocycles. The summed E-state index contributed by atoms with van der Waals surface area (Å²) in [7, 11) is 0. The van der Waals surface area contributed by atoms with E-state index in [1.165, 1.54) is 0 Å². The minimum absolute atomic E-state index is 0.262. The van der Waals surface area contributed by atoms with Crippen molar-refractivity contribution in [3.05, 3.63) is 6.92 Å². The van der Waals surface area contributed by atoms with Crippen LogP contribution in [-0.2, 0) is 0 Å². The average molecular weight is 96.2 g/mol. The highest BCUT2D eigenvalue weighted by atomic mass is 32.1. The summed E-state index contributed by atoms with van der Waals surface area (Å²) in [6, 6.07) is 0. The third-order valence-electron chi connectivity index (χ3n) is 0.248. The Bertz CT molecular complexity index is 103. The summed E-state index contributed by atoms with van der Waals surface area (Å²) in [5.41, 5.74) is 0. The topological polar surface area (TPSA) is 0 Å². The molecule has 0 atom stereocenters. The lowest BCUT2D eigenvalue weighted by atomic mass is 10.5. The van der Waals surface area contributed by atoms with Gasteiger partial charge in [0.2, 0.25) is 0 Å². The molecule has 0 aliphatic heterocycles. The van der Waals surface area contributed by atoms with Gasteiger partial charge in [0.25, 0.3) is 0 Å². The first-order chi connectivity index (χ1) is 2.77. The van der Waals surface area contributed by atoms with Crippen molar-refractivity contribution in [2.75, 3.05) is 0 Å². The van der Waals surface area contributed by atoms with Crippen LogP contribution in [0.3, 0.4) is 0 Å². The summed E-state index contributed by atoms with van der Waals surface area (Å²) in [6.07, 6.45) is 0. The highest BCUT2D eigenvalue weighted by Gasteiger charge is 1.66. The maximum atomic E-state index is 4.96. The Morgan fingerprint density at radius 3 is 2.33 bits per heavy atom. The zero-order valence-electron chi connectivity index (χ0n) is 3.49. The molecule has 0 amide bonds. The van der Waals surface area contributed by atoms with Gasteiger partial charge in [0.05, 0.1) is 4.86 Å². The molecule has 0 spiro atoms. The van der Waals surface area contributed by atoms with E-state index in [1.807, 2.05) is 0 Å². The van der Waals surface area contributed by atoms with Crippen molar-refractivity contribution < 1.29 is 0 Å². The summed E-state index contributed by atoms with van der Waals surface area (Å²) < 4.78 is 0. The maximum absolute atomic E-state index is 4.96. The zero-order valence-corrected chi connectivity index (χ0v) is 4.30. The first-order valence-electron chi connectivity index (χ1n) is 1.49. The summed E-state index contributed by atoms with van der Waals surface area (Å²) >= 11 is 4.40. The minimum atomic E-state index is 0.262. The molecule has 0 rings (SSSR count). The van der Waals surface area contributed by atoms with Crippen molar-refractivity contribution >= 4 is 17.1 Å². The number of thiocarbonyl (C=S) groups is 1. The summed E-state index contributed by atoms with van der Waals surface area (Å²) in [6.45, 7) is 6.65. The van der Waals surface area contributed by atoms with Crippen LogP contribution in [0.25, 0.3) is 0 Å². The predicted molar refractivity (Wildman–Crippen MR) is 30.3 cm³/mol. The largest absolute Gasteiger partial charge is 0.101 e. The standard InChI is InChI=1S/C5H4S/c1-3-4-5(2)6/h2H,1H3. The van der Waals surface area contributed by atoms with E-state index in [2.05, 4.69) is 24.1 Å². The van der Waals surface area contributed by atoms with Crippen LogP contribution in [-0.4, -0.2) is 4.86 Å². The molecule has 0 bridgehead atoms. The number of rotatable bonds is 0. The molecule has 0 aromatic carbocycles. The summed E-state index contributed by atoms with van der Waals surface area (Å²) in [5.74, 6) is 5.02. The van der Waals surface area contributed by atoms with Crippen LogP contribution in [0.1, 0.15) is 6.92 Å². The molecule has 6 heavy (non-hydrogen) atoms. The third kappa shape index (κ3) is 3.65. The van der Waals surface area contributed by atoms with Gasteiger partial charge in [-0.3, -0.25) is 0 Å². The van der Waals surface area contributed by atoms with Gasteiger partial charge in [-0.1, -0.05) is 18.1 Å². The van der Waals surface area contributed by atoms with Crippen molar-refractivity contribution in [2.45, 2.75) is 6.92 Å². The monoisotopic (exact) mass is 96.0 g/mol. The number of hydrogen-bond donors (Lipinski definition) is 0. The molecule has 30 valence electrons. The summed E-state index contributed by atoms with van der Waals surface area (Å²) in [5, 5.41) is 0. The van der Waals surface area contributed by atoms with Gasteiger partial charge in [-0.15, -0.1) is 5.92 Å². The molecule has 0 unspecified atom stereocenters. The van der Waals surface area contributed by atoms with Crippen LogP contribution in [0.5, 0.6) is 0 Å². The van der Waals surface area contributed by atoms with Crippen LogP contribution in [0.15, 0.2) is 0 Å². The Kier molecular flexibility index (Phi) is 2.70. The second-order valence-electron chi connectivity index (χ2n) is 0.739. The Labute approximate surface area is 43.6 Å². The fourth-order valence-corrected chi connectivity index (χ4v) is 0.225. The quantitative estimate of drug-likeness (QED) is 0.321. The van der Waals surface area contributed by atoms with E-state index in [4.69, 9.17) is 6.92 Å². The molecular weight excluding hydrogens is 92.1 g/mol. The minimum Gasteiger partial charge on any atom is -0.101 e. The Hall–Kier alpha value is -0.350. The molecule has 0 saturated carbocycles. The smallest absolute Gasteiger partial charge is 0.0693 e. The predicted octanol–water partition coefficient (Wildman–Crippen LogP) is 1.09. The Morgan fingerprint density at radius 1 is 1.83 bits per heavy atom. The van der Waals surface area contributed by atoms with Crippen LogP contribution >= 0.6 is 12.2 Å². The third-order valence-corrected chi connectivity index (χ3v) is 0.350. The van der Waals surface area contributed by atoms with Crippen molar-refractivity contribution in [3.63, 3.8) is 0 Å². The van der Waals surface area contributed by atoms with Gasteiger partial charge >= 0.3 is 0 Å². The molecule has 0 heterocycles. The van der Waals surface area contributed by atoms with E-state index in [1.54, 1.807) is 6.92 Å². The summed E-state index contributed by atoms with van der Waals surface area (Å²) in [4.78, 5) is 0.262. The molecule has 0 nitrogen and oxygen atoms in total. The second-order valence-corrected chi connectivity index (χ2v) is 1.18. The van der Waals surface area contributed by atoms with Crippen LogP contribution < -0.4 is 0 Å². The molecule has 2 radical (unpaired) electrons. The second kappa shape index (κ2) is 2.87. The average Bonchev–Trinajstić information content (AvgIpc) is 1.35. The van der Waals surface area contributed by atoms with Crippen LogP contribution in [0.2, 0.25) is 0 Å². The molecule has 1 heteroatoms. The first kappa shape index (κ1) is 5.65. The van der Waals surface area contributed by atoms with Gasteiger partial charge < -0.3 is 0 Å². The van der Waals surface area contributed by atoms with Crippen LogP contribution in [0, 0.1) is 18.8 Å². The van der Waals surface area contributed by atoms with Crippen molar-refractivity contribution in [1.29, 1.82) is 0 Å². The normalized spacial score (nSPS) is 5.67. The van der Waals surface area contributed by atoms with E-state index < -0.39 is 0 Å². The zero-order chi connectivity index (χ0) is 4.99. The van der Waals surface area contributed by atoms with E-state index >= 15 is 0 Å². The molecule has 0 aliphatic rings. The van der Waals surface area contributed by atoms with E-state index in [-0.39, 0.29) is 4.86 Å². The van der Waals surface area contributed by atoms with E-state index in [0.717, 1.165) is 0 Å². The van der Waals surface area contributed by atoms with E-state index in [0.29, 0.717) is 0 Å². The van der Waals surface area contributed by atoms with Gasteiger partial charge in [-0.25, -0.2) is 0 Å². The first-order valence-corrected chi connectivity index (χ1v) is 1.90. The van der Waals surface area contributed by atoms with E-state index in [9.17, 15) is 0 Å². The molecule has 0 N–H and O–H groups in total. The van der Waals surface area contributed by atoms with Crippen LogP contribution in [0.4, 0.5) is 0 Å². The lowest BCUT2D eigenvalue weighted by Gasteiger charge is -1.65. The highest BCUT2D eigenvalue weighted by molar-refractivity contribution is 7.81. The number of hydrogen-bond acceptors (Lipinski definition) is 1. The SMILES string of the molecule is [CH]C(=S)C#CC. The lowest BCUT2D eigenvalue weighted by molar-refractivity contribution is 1.93. The van der Waals surface area contributed by atoms with Gasteiger partial charge in [0, 0.05) is 6.92 Å².